The normalized spacial score (nSPS) is 10.1. The van der Waals surface area contributed by atoms with E-state index in [0.717, 1.165) is 11.0 Å². The molecule has 0 aliphatic rings. The van der Waals surface area contributed by atoms with Gasteiger partial charge in [0.05, 0.1) is 10.7 Å². The summed E-state index contributed by atoms with van der Waals surface area (Å²) in [7, 11) is 0. The number of rotatable bonds is 4. The summed E-state index contributed by atoms with van der Waals surface area (Å²) in [5.74, 6) is -3.12. The number of urea groups is 1. The van der Waals surface area contributed by atoms with Crippen molar-refractivity contribution in [3.63, 3.8) is 0 Å². The molecule has 19 heavy (non-hydrogen) atoms. The van der Waals surface area contributed by atoms with Gasteiger partial charge in [-0.3, -0.25) is 4.79 Å². The second-order valence-corrected chi connectivity index (χ2v) is 3.99. The molecule has 0 unspecified atom stereocenters. The van der Waals surface area contributed by atoms with Gasteiger partial charge in [0.25, 0.3) is 0 Å². The smallest absolute Gasteiger partial charge is 0.323 e. The minimum absolute atomic E-state index is 0.110. The molecule has 2 amide bonds. The number of likely N-dealkylation sites (N-methyl/N-ethyl adjacent to an activating group) is 1. The predicted octanol–water partition coefficient (Wildman–Crippen LogP) is 2.56. The molecular weight excluding hydrogens is 282 g/mol. The number of halogens is 3. The Morgan fingerprint density at radius 3 is 2.53 bits per heavy atom. The van der Waals surface area contributed by atoms with E-state index >= 15 is 0 Å². The zero-order chi connectivity index (χ0) is 14.6. The van der Waals surface area contributed by atoms with Crippen LogP contribution in [-0.4, -0.2) is 35.1 Å². The molecule has 1 aromatic rings. The van der Waals surface area contributed by atoms with Crippen molar-refractivity contribution in [3.8, 4) is 0 Å². The van der Waals surface area contributed by atoms with Crippen LogP contribution < -0.4 is 5.32 Å². The average Bonchev–Trinajstić information content (AvgIpc) is 2.30. The molecule has 0 saturated carbocycles. The molecular formula is C11H11ClF2N2O3. The predicted molar refractivity (Wildman–Crippen MR) is 65.3 cm³/mol. The van der Waals surface area contributed by atoms with Gasteiger partial charge in [-0.2, -0.15) is 0 Å². The highest BCUT2D eigenvalue weighted by molar-refractivity contribution is 6.33. The second kappa shape index (κ2) is 6.33. The van der Waals surface area contributed by atoms with Gasteiger partial charge >= 0.3 is 12.0 Å². The van der Waals surface area contributed by atoms with Gasteiger partial charge in [0.15, 0.2) is 5.82 Å². The van der Waals surface area contributed by atoms with Crippen molar-refractivity contribution < 1.29 is 23.5 Å². The number of hydrogen-bond donors (Lipinski definition) is 2. The van der Waals surface area contributed by atoms with Gasteiger partial charge in [-0.05, 0) is 13.0 Å². The summed E-state index contributed by atoms with van der Waals surface area (Å²) in [6.45, 7) is 1.13. The second-order valence-electron chi connectivity index (χ2n) is 3.58. The molecule has 0 atom stereocenters. The van der Waals surface area contributed by atoms with Crippen molar-refractivity contribution in [3.05, 3.63) is 28.8 Å². The minimum Gasteiger partial charge on any atom is -0.480 e. The first-order valence-corrected chi connectivity index (χ1v) is 5.65. The third-order valence-corrected chi connectivity index (χ3v) is 2.53. The van der Waals surface area contributed by atoms with E-state index in [1.165, 1.54) is 0 Å². The van der Waals surface area contributed by atoms with Crippen molar-refractivity contribution in [1.82, 2.24) is 4.90 Å². The number of benzene rings is 1. The highest BCUT2D eigenvalue weighted by Gasteiger charge is 2.18. The molecule has 0 radical (unpaired) electrons. The van der Waals surface area contributed by atoms with Crippen LogP contribution in [-0.2, 0) is 4.79 Å². The maximum absolute atomic E-state index is 13.4. The zero-order valence-corrected chi connectivity index (χ0v) is 10.7. The molecule has 0 aliphatic heterocycles. The molecule has 5 nitrogen and oxygen atoms in total. The van der Waals surface area contributed by atoms with Crippen LogP contribution >= 0.6 is 11.6 Å². The van der Waals surface area contributed by atoms with Gasteiger partial charge in [0, 0.05) is 12.6 Å². The van der Waals surface area contributed by atoms with Crippen LogP contribution in [0.2, 0.25) is 5.02 Å². The fraction of sp³-hybridized carbons (Fsp3) is 0.273. The van der Waals surface area contributed by atoms with Crippen molar-refractivity contribution >= 4 is 29.3 Å². The first-order valence-electron chi connectivity index (χ1n) is 5.27. The summed E-state index contributed by atoms with van der Waals surface area (Å²) in [6, 6.07) is 0.570. The standard InChI is InChI=1S/C11H11ClF2N2O3/c1-2-16(5-9(17)18)11(19)15-10-7(12)3-6(13)4-8(10)14/h3-4H,2,5H2,1H3,(H,15,19)(H,17,18). The minimum atomic E-state index is -1.21. The molecule has 8 heteroatoms. The Balaban J connectivity index is 2.90. The average molecular weight is 293 g/mol. The Hall–Kier alpha value is -1.89. The number of carbonyl (C=O) groups is 2. The summed E-state index contributed by atoms with van der Waals surface area (Å²) >= 11 is 5.60. The number of anilines is 1. The van der Waals surface area contributed by atoms with Crippen LogP contribution in [0.4, 0.5) is 19.3 Å². The van der Waals surface area contributed by atoms with Gasteiger partial charge in [-0.25, -0.2) is 13.6 Å². The number of carboxylic acid groups (broad SMARTS) is 1. The van der Waals surface area contributed by atoms with Crippen molar-refractivity contribution in [1.29, 1.82) is 0 Å². The Labute approximate surface area is 112 Å². The molecule has 0 aliphatic carbocycles. The maximum atomic E-state index is 13.4. The quantitative estimate of drug-likeness (QED) is 0.896. The maximum Gasteiger partial charge on any atom is 0.323 e. The Kier molecular flexibility index (Phi) is 5.05. The topological polar surface area (TPSA) is 69.6 Å². The van der Waals surface area contributed by atoms with E-state index in [0.29, 0.717) is 6.07 Å². The van der Waals surface area contributed by atoms with Crippen LogP contribution in [0.25, 0.3) is 0 Å². The molecule has 1 aromatic carbocycles. The monoisotopic (exact) mass is 292 g/mol. The van der Waals surface area contributed by atoms with E-state index < -0.39 is 35.9 Å². The molecule has 1 rings (SSSR count). The van der Waals surface area contributed by atoms with E-state index in [1.54, 1.807) is 6.92 Å². The molecule has 104 valence electrons. The summed E-state index contributed by atoms with van der Waals surface area (Å²) in [6.07, 6.45) is 0. The van der Waals surface area contributed by atoms with Crippen LogP contribution in [0, 0.1) is 11.6 Å². The largest absolute Gasteiger partial charge is 0.480 e. The van der Waals surface area contributed by atoms with E-state index in [1.807, 2.05) is 0 Å². The van der Waals surface area contributed by atoms with Crippen LogP contribution in [0.3, 0.4) is 0 Å². The number of aliphatic carboxylic acids is 1. The third-order valence-electron chi connectivity index (χ3n) is 2.23. The molecule has 0 aromatic heterocycles. The number of hydrogen-bond acceptors (Lipinski definition) is 2. The lowest BCUT2D eigenvalue weighted by molar-refractivity contribution is -0.137. The third kappa shape index (κ3) is 4.06. The first-order chi connectivity index (χ1) is 8.85. The fourth-order valence-electron chi connectivity index (χ4n) is 1.34. The fourth-order valence-corrected chi connectivity index (χ4v) is 1.58. The number of nitrogens with zero attached hydrogens (tertiary/aromatic N) is 1. The molecule has 2 N–H and O–H groups in total. The Morgan fingerprint density at radius 2 is 2.05 bits per heavy atom. The highest BCUT2D eigenvalue weighted by Crippen LogP contribution is 2.26. The lowest BCUT2D eigenvalue weighted by Gasteiger charge is -2.19. The van der Waals surface area contributed by atoms with Crippen LogP contribution in [0.5, 0.6) is 0 Å². The van der Waals surface area contributed by atoms with Gasteiger partial charge in [-0.15, -0.1) is 0 Å². The van der Waals surface area contributed by atoms with Crippen LogP contribution in [0.15, 0.2) is 12.1 Å². The lowest BCUT2D eigenvalue weighted by Crippen LogP contribution is -2.38. The molecule has 0 heterocycles. The van der Waals surface area contributed by atoms with Crippen molar-refractivity contribution in [2.75, 3.05) is 18.4 Å². The van der Waals surface area contributed by atoms with E-state index in [4.69, 9.17) is 16.7 Å². The summed E-state index contributed by atoms with van der Waals surface area (Å²) in [5.41, 5.74) is -0.392. The van der Waals surface area contributed by atoms with Gasteiger partial charge in [-0.1, -0.05) is 11.6 Å². The molecule has 0 spiro atoms. The van der Waals surface area contributed by atoms with Crippen LogP contribution in [0.1, 0.15) is 6.92 Å². The van der Waals surface area contributed by atoms with Gasteiger partial charge < -0.3 is 15.3 Å². The van der Waals surface area contributed by atoms with E-state index in [9.17, 15) is 18.4 Å². The summed E-state index contributed by atoms with van der Waals surface area (Å²) in [4.78, 5) is 23.2. The van der Waals surface area contributed by atoms with Crippen molar-refractivity contribution in [2.24, 2.45) is 0 Å². The number of carbonyl (C=O) groups excluding carboxylic acids is 1. The van der Waals surface area contributed by atoms with Crippen molar-refractivity contribution in [2.45, 2.75) is 6.92 Å². The molecule has 0 saturated heterocycles. The molecule has 0 fully saturated rings. The van der Waals surface area contributed by atoms with E-state index in [-0.39, 0.29) is 11.6 Å². The van der Waals surface area contributed by atoms with E-state index in [2.05, 4.69) is 5.32 Å². The summed E-state index contributed by atoms with van der Waals surface area (Å²) < 4.78 is 26.2. The van der Waals surface area contributed by atoms with Gasteiger partial charge in [0.1, 0.15) is 12.4 Å². The summed E-state index contributed by atoms with van der Waals surface area (Å²) in [5, 5.41) is 10.4. The zero-order valence-electron chi connectivity index (χ0n) is 9.91. The SMILES string of the molecule is CCN(CC(=O)O)C(=O)Nc1c(F)cc(F)cc1Cl. The highest BCUT2D eigenvalue weighted by atomic mass is 35.5. The Morgan fingerprint density at radius 1 is 1.42 bits per heavy atom. The number of carboxylic acids is 1. The van der Waals surface area contributed by atoms with Gasteiger partial charge in [0.2, 0.25) is 0 Å². The number of amides is 2. The lowest BCUT2D eigenvalue weighted by atomic mass is 10.3. The number of nitrogens with one attached hydrogen (secondary N) is 1. The Bertz CT molecular complexity index is 488. The first kappa shape index (κ1) is 15.2. The molecule has 0 bridgehead atoms.